The van der Waals surface area contributed by atoms with Gasteiger partial charge in [0.1, 0.15) is 5.69 Å². The number of hydrogen-bond acceptors (Lipinski definition) is 4. The lowest BCUT2D eigenvalue weighted by molar-refractivity contribution is -0.114. The van der Waals surface area contributed by atoms with Crippen LogP contribution < -0.4 is 5.01 Å². The molecule has 2 aromatic heterocycles. The second-order valence-electron chi connectivity index (χ2n) is 9.56. The first-order chi connectivity index (χ1) is 20.4. The van der Waals surface area contributed by atoms with Crippen molar-refractivity contribution in [2.75, 3.05) is 5.01 Å². The van der Waals surface area contributed by atoms with E-state index in [4.69, 9.17) is 5.10 Å². The van der Waals surface area contributed by atoms with E-state index in [-0.39, 0.29) is 23.8 Å². The van der Waals surface area contributed by atoms with Crippen molar-refractivity contribution in [3.63, 3.8) is 0 Å². The largest absolute Gasteiger partial charge is 0.280 e. The topological polar surface area (TPSA) is 50.5 Å². The molecule has 1 aliphatic rings. The highest BCUT2D eigenvalue weighted by Crippen LogP contribution is 2.35. The van der Waals surface area contributed by atoms with E-state index < -0.39 is 34.9 Å². The molecular weight excluding hydrogens is 564 g/mol. The molecule has 42 heavy (non-hydrogen) atoms. The van der Waals surface area contributed by atoms with Crippen LogP contribution in [0.5, 0.6) is 0 Å². The number of aromatic nitrogens is 2. The number of benzene rings is 3. The lowest BCUT2D eigenvalue weighted by Gasteiger charge is -2.14. The lowest BCUT2D eigenvalue weighted by atomic mass is 10.0. The summed E-state index contributed by atoms with van der Waals surface area (Å²) in [6.45, 7) is 1.85. The molecule has 0 aliphatic carbocycles. The number of carbonyl (C=O) groups is 1. The van der Waals surface area contributed by atoms with Gasteiger partial charge in [-0.25, -0.2) is 22.2 Å². The first kappa shape index (κ1) is 27.3. The summed E-state index contributed by atoms with van der Waals surface area (Å²) in [7, 11) is 0. The third-order valence-corrected chi connectivity index (χ3v) is 7.69. The highest BCUT2D eigenvalue weighted by Gasteiger charge is 2.36. The second-order valence-corrected chi connectivity index (χ2v) is 10.5. The zero-order valence-corrected chi connectivity index (χ0v) is 23.0. The molecule has 3 aromatic carbocycles. The molecule has 3 heterocycles. The summed E-state index contributed by atoms with van der Waals surface area (Å²) in [6.07, 6.45) is 4.14. The highest BCUT2D eigenvalue weighted by molar-refractivity contribution is 7.13. The number of amides is 1. The van der Waals surface area contributed by atoms with Crippen molar-refractivity contribution in [1.82, 2.24) is 9.78 Å². The number of thiophene rings is 1. The number of rotatable bonds is 7. The fourth-order valence-electron chi connectivity index (χ4n) is 4.74. The van der Waals surface area contributed by atoms with Crippen molar-refractivity contribution in [3.05, 3.63) is 119 Å². The molecule has 0 fully saturated rings. The standard InChI is InChI=1S/C32H22F4N4OS/c1-2-7-26-23(32(41)40(37-26)31-28(35)24(33)17-25(34)29(31)36)16-21-18-39(22-8-4-3-5-9-22)38-30(21)20-13-11-19(12-14-20)27-10-6-15-42-27/h3-6,8-18H,2,7H2,1H3/b23-16-. The first-order valence-electron chi connectivity index (χ1n) is 13.1. The normalized spacial score (nSPS) is 14.2. The second kappa shape index (κ2) is 11.2. The Kier molecular flexibility index (Phi) is 7.30. The van der Waals surface area contributed by atoms with Crippen molar-refractivity contribution in [3.8, 4) is 27.4 Å². The maximum atomic E-state index is 14.7. The van der Waals surface area contributed by atoms with Crippen molar-refractivity contribution in [1.29, 1.82) is 0 Å². The number of anilines is 1. The smallest absolute Gasteiger partial charge is 0.267 e. The minimum Gasteiger partial charge on any atom is -0.267 e. The molecular formula is C32H22F4N4OS. The van der Waals surface area contributed by atoms with Crippen molar-refractivity contribution in [2.45, 2.75) is 19.8 Å². The van der Waals surface area contributed by atoms with Gasteiger partial charge in [0.15, 0.2) is 23.3 Å². The number of para-hydroxylation sites is 1. The Labute approximate surface area is 242 Å². The average Bonchev–Trinajstić information content (AvgIpc) is 3.75. The zero-order chi connectivity index (χ0) is 29.4. The molecule has 5 aromatic rings. The minimum absolute atomic E-state index is 0.0457. The summed E-state index contributed by atoms with van der Waals surface area (Å²) < 4.78 is 59.0. The van der Waals surface area contributed by atoms with Gasteiger partial charge in [-0.1, -0.05) is 61.9 Å². The molecule has 210 valence electrons. The molecule has 0 N–H and O–H groups in total. The fourth-order valence-corrected chi connectivity index (χ4v) is 5.48. The lowest BCUT2D eigenvalue weighted by Crippen LogP contribution is -2.24. The first-order valence-corrected chi connectivity index (χ1v) is 14.0. The Morgan fingerprint density at radius 2 is 1.57 bits per heavy atom. The number of hydrazone groups is 1. The van der Waals surface area contributed by atoms with Crippen molar-refractivity contribution in [2.24, 2.45) is 5.10 Å². The molecule has 0 unspecified atom stereocenters. The predicted molar refractivity (Wildman–Crippen MR) is 156 cm³/mol. The molecule has 5 nitrogen and oxygen atoms in total. The summed E-state index contributed by atoms with van der Waals surface area (Å²) in [5.41, 5.74) is 2.78. The molecule has 0 saturated heterocycles. The van der Waals surface area contributed by atoms with Crippen molar-refractivity contribution >= 4 is 34.7 Å². The van der Waals surface area contributed by atoms with E-state index in [1.165, 1.54) is 0 Å². The van der Waals surface area contributed by atoms with Gasteiger partial charge in [-0.15, -0.1) is 11.3 Å². The maximum Gasteiger partial charge on any atom is 0.280 e. The van der Waals surface area contributed by atoms with Crippen LogP contribution in [0.3, 0.4) is 0 Å². The number of hydrogen-bond donors (Lipinski definition) is 0. The van der Waals surface area contributed by atoms with E-state index in [0.717, 1.165) is 21.7 Å². The van der Waals surface area contributed by atoms with Crippen LogP contribution >= 0.6 is 11.3 Å². The van der Waals surface area contributed by atoms with E-state index in [9.17, 15) is 22.4 Å². The zero-order valence-electron chi connectivity index (χ0n) is 22.2. The third kappa shape index (κ3) is 4.94. The van der Waals surface area contributed by atoms with Gasteiger partial charge in [0.2, 0.25) is 0 Å². The molecule has 6 rings (SSSR count). The van der Waals surface area contributed by atoms with Gasteiger partial charge in [-0.05, 0) is 41.6 Å². The van der Waals surface area contributed by atoms with E-state index >= 15 is 0 Å². The fraction of sp³-hybridized carbons (Fsp3) is 0.0938. The number of nitrogens with zero attached hydrogens (tertiary/aromatic N) is 4. The quantitative estimate of drug-likeness (QED) is 0.109. The van der Waals surface area contributed by atoms with Gasteiger partial charge < -0.3 is 0 Å². The molecule has 0 atom stereocenters. The van der Waals surface area contributed by atoms with E-state index in [1.54, 1.807) is 28.3 Å². The van der Waals surface area contributed by atoms with Crippen LogP contribution in [0.15, 0.2) is 95.0 Å². The van der Waals surface area contributed by atoms with Crippen LogP contribution in [-0.2, 0) is 4.79 Å². The third-order valence-electron chi connectivity index (χ3n) is 6.77. The van der Waals surface area contributed by atoms with Crippen molar-refractivity contribution < 1.29 is 22.4 Å². The Morgan fingerprint density at radius 3 is 2.21 bits per heavy atom. The summed E-state index contributed by atoms with van der Waals surface area (Å²) in [5.74, 6) is -7.57. The number of halogens is 4. The van der Waals surface area contributed by atoms with Crippen LogP contribution in [0.1, 0.15) is 25.3 Å². The van der Waals surface area contributed by atoms with Gasteiger partial charge >= 0.3 is 0 Å². The Bertz CT molecular complexity index is 1820. The molecule has 0 spiro atoms. The maximum absolute atomic E-state index is 14.7. The summed E-state index contributed by atoms with van der Waals surface area (Å²) in [5, 5.41) is 11.3. The van der Waals surface area contributed by atoms with Crippen LogP contribution in [-0.4, -0.2) is 21.4 Å². The molecule has 0 bridgehead atoms. The van der Waals surface area contributed by atoms with Crippen LogP contribution in [0.4, 0.5) is 23.2 Å². The van der Waals surface area contributed by atoms with Crippen LogP contribution in [0.25, 0.3) is 33.5 Å². The molecule has 1 amide bonds. The number of carbonyl (C=O) groups excluding carboxylic acids is 1. The van der Waals surface area contributed by atoms with Gasteiger partial charge in [-0.3, -0.25) is 4.79 Å². The monoisotopic (exact) mass is 586 g/mol. The van der Waals surface area contributed by atoms with Gasteiger partial charge in [0.25, 0.3) is 5.91 Å². The Morgan fingerprint density at radius 1 is 0.881 bits per heavy atom. The summed E-state index contributed by atoms with van der Waals surface area (Å²) >= 11 is 1.63. The minimum atomic E-state index is -1.70. The van der Waals surface area contributed by atoms with Gasteiger partial charge in [-0.2, -0.15) is 15.2 Å². The average molecular weight is 587 g/mol. The van der Waals surface area contributed by atoms with E-state index in [2.05, 4.69) is 5.10 Å². The SMILES string of the molecule is CCCC1=NN(c2c(F)c(F)cc(F)c2F)C(=O)/C1=C\c1cn(-c2ccccc2)nc1-c1ccc(-c2cccs2)cc1. The summed E-state index contributed by atoms with van der Waals surface area (Å²) in [4.78, 5) is 14.7. The Balaban J connectivity index is 1.47. The van der Waals surface area contributed by atoms with Gasteiger partial charge in [0, 0.05) is 28.3 Å². The molecule has 0 saturated carbocycles. The van der Waals surface area contributed by atoms with Gasteiger partial charge in [0.05, 0.1) is 22.7 Å². The van der Waals surface area contributed by atoms with E-state index in [0.29, 0.717) is 22.7 Å². The Hall–Kier alpha value is -4.83. The highest BCUT2D eigenvalue weighted by atomic mass is 32.1. The predicted octanol–water partition coefficient (Wildman–Crippen LogP) is 8.41. The van der Waals surface area contributed by atoms with E-state index in [1.807, 2.05) is 79.0 Å². The molecule has 1 aliphatic heterocycles. The van der Waals surface area contributed by atoms with Crippen LogP contribution in [0.2, 0.25) is 0 Å². The molecule has 10 heteroatoms. The summed E-state index contributed by atoms with van der Waals surface area (Å²) in [6, 6.07) is 21.3. The molecule has 0 radical (unpaired) electrons. The van der Waals surface area contributed by atoms with Crippen LogP contribution in [0, 0.1) is 23.3 Å².